The highest BCUT2D eigenvalue weighted by Crippen LogP contribution is 2.35. The van der Waals surface area contributed by atoms with E-state index in [4.69, 9.17) is 5.11 Å². The lowest BCUT2D eigenvalue weighted by Crippen LogP contribution is -2.39. The highest BCUT2D eigenvalue weighted by molar-refractivity contribution is 5.76. The molecule has 0 bridgehead atoms. The number of aliphatic hydroxyl groups excluding tert-OH is 1. The van der Waals surface area contributed by atoms with Crippen LogP contribution >= 0.6 is 0 Å². The minimum absolute atomic E-state index is 0.208. The molecule has 1 N–H and O–H groups in total. The highest BCUT2D eigenvalue weighted by atomic mass is 16.3. The maximum Gasteiger partial charge on any atom is 0.222 e. The van der Waals surface area contributed by atoms with Crippen LogP contribution in [-0.4, -0.2) is 35.1 Å². The molecule has 2 fully saturated rings. The van der Waals surface area contributed by atoms with Crippen LogP contribution in [0.15, 0.2) is 0 Å². The lowest BCUT2D eigenvalue weighted by atomic mass is 9.96. The third-order valence-electron chi connectivity index (χ3n) is 4.36. The summed E-state index contributed by atoms with van der Waals surface area (Å²) < 4.78 is 0. The van der Waals surface area contributed by atoms with Crippen LogP contribution in [0.5, 0.6) is 0 Å². The van der Waals surface area contributed by atoms with E-state index < -0.39 is 0 Å². The Labute approximate surface area is 104 Å². The minimum atomic E-state index is 0.208. The molecule has 1 saturated carbocycles. The number of rotatable bonds is 5. The topological polar surface area (TPSA) is 40.5 Å². The van der Waals surface area contributed by atoms with Gasteiger partial charge in [0.1, 0.15) is 0 Å². The van der Waals surface area contributed by atoms with E-state index in [0.29, 0.717) is 18.4 Å². The van der Waals surface area contributed by atoms with Crippen molar-refractivity contribution in [2.45, 2.75) is 63.8 Å². The smallest absolute Gasteiger partial charge is 0.222 e. The van der Waals surface area contributed by atoms with Crippen molar-refractivity contribution in [1.82, 2.24) is 4.90 Å². The summed E-state index contributed by atoms with van der Waals surface area (Å²) in [6.07, 6.45) is 9.99. The van der Waals surface area contributed by atoms with Crippen molar-refractivity contribution in [3.8, 4) is 0 Å². The van der Waals surface area contributed by atoms with E-state index in [9.17, 15) is 4.79 Å². The Morgan fingerprint density at radius 1 is 1.12 bits per heavy atom. The van der Waals surface area contributed by atoms with Gasteiger partial charge in [0.15, 0.2) is 0 Å². The van der Waals surface area contributed by atoms with Gasteiger partial charge >= 0.3 is 0 Å². The van der Waals surface area contributed by atoms with Gasteiger partial charge in [-0.15, -0.1) is 0 Å². The fraction of sp³-hybridized carbons (Fsp3) is 0.929. The zero-order valence-corrected chi connectivity index (χ0v) is 10.7. The number of aliphatic hydroxyl groups is 1. The quantitative estimate of drug-likeness (QED) is 0.748. The number of amides is 1. The summed E-state index contributed by atoms with van der Waals surface area (Å²) in [5.41, 5.74) is 0. The summed E-state index contributed by atoms with van der Waals surface area (Å²) in [6, 6.07) is 0.541. The molecule has 2 rings (SSSR count). The van der Waals surface area contributed by atoms with Crippen LogP contribution in [0.1, 0.15) is 57.8 Å². The van der Waals surface area contributed by atoms with E-state index >= 15 is 0 Å². The summed E-state index contributed by atoms with van der Waals surface area (Å²) in [5, 5.41) is 8.74. The van der Waals surface area contributed by atoms with Gasteiger partial charge in [-0.25, -0.2) is 0 Å². The summed E-state index contributed by atoms with van der Waals surface area (Å²) >= 11 is 0. The molecule has 1 unspecified atom stereocenters. The van der Waals surface area contributed by atoms with Gasteiger partial charge < -0.3 is 10.0 Å². The standard InChI is InChI=1S/C14H25NO2/c16-11-4-3-9-14(17)15-10-5-8-13(15)12-6-1-2-7-12/h12-13,16H,1-11H2. The number of unbranched alkanes of at least 4 members (excludes halogenated alkanes) is 1. The van der Waals surface area contributed by atoms with E-state index in [-0.39, 0.29) is 6.61 Å². The SMILES string of the molecule is O=C(CCCCO)N1CCCC1C1CCCC1. The monoisotopic (exact) mass is 239 g/mol. The van der Waals surface area contributed by atoms with Gasteiger partial charge in [-0.1, -0.05) is 12.8 Å². The van der Waals surface area contributed by atoms with Crippen LogP contribution in [-0.2, 0) is 4.79 Å². The fourth-order valence-corrected chi connectivity index (χ4v) is 3.47. The highest BCUT2D eigenvalue weighted by Gasteiger charge is 2.35. The molecular formula is C14H25NO2. The number of hydrogen-bond acceptors (Lipinski definition) is 2. The second kappa shape index (κ2) is 6.39. The van der Waals surface area contributed by atoms with Crippen LogP contribution in [0.25, 0.3) is 0 Å². The Kier molecular flexibility index (Phi) is 4.84. The predicted octanol–water partition coefficient (Wildman–Crippen LogP) is 2.33. The molecule has 17 heavy (non-hydrogen) atoms. The lowest BCUT2D eigenvalue weighted by molar-refractivity contribution is -0.133. The third kappa shape index (κ3) is 3.21. The number of likely N-dealkylation sites (tertiary alicyclic amines) is 1. The Morgan fingerprint density at radius 3 is 2.59 bits per heavy atom. The predicted molar refractivity (Wildman–Crippen MR) is 67.6 cm³/mol. The molecule has 0 spiro atoms. The summed E-state index contributed by atoms with van der Waals surface area (Å²) in [6.45, 7) is 1.18. The first kappa shape index (κ1) is 12.9. The molecule has 2 aliphatic rings. The van der Waals surface area contributed by atoms with E-state index in [1.807, 2.05) is 0 Å². The summed E-state index contributed by atoms with van der Waals surface area (Å²) in [7, 11) is 0. The first-order valence-electron chi connectivity index (χ1n) is 7.23. The van der Waals surface area contributed by atoms with Crippen LogP contribution < -0.4 is 0 Å². The zero-order chi connectivity index (χ0) is 12.1. The molecule has 1 saturated heterocycles. The third-order valence-corrected chi connectivity index (χ3v) is 4.36. The molecule has 1 aliphatic carbocycles. The van der Waals surface area contributed by atoms with Crippen molar-refractivity contribution in [1.29, 1.82) is 0 Å². The number of nitrogens with zero attached hydrogens (tertiary/aromatic N) is 1. The van der Waals surface area contributed by atoms with Crippen LogP contribution in [0.3, 0.4) is 0 Å². The van der Waals surface area contributed by atoms with Gasteiger partial charge in [0, 0.05) is 25.6 Å². The van der Waals surface area contributed by atoms with Crippen molar-refractivity contribution >= 4 is 5.91 Å². The average molecular weight is 239 g/mol. The molecule has 0 aromatic carbocycles. The van der Waals surface area contributed by atoms with Crippen molar-refractivity contribution in [2.75, 3.05) is 13.2 Å². The van der Waals surface area contributed by atoms with E-state index in [2.05, 4.69) is 4.90 Å². The van der Waals surface area contributed by atoms with E-state index in [0.717, 1.165) is 25.3 Å². The second-order valence-electron chi connectivity index (χ2n) is 5.52. The van der Waals surface area contributed by atoms with Gasteiger partial charge in [-0.05, 0) is 44.4 Å². The average Bonchev–Trinajstić information content (AvgIpc) is 2.99. The molecule has 3 nitrogen and oxygen atoms in total. The lowest BCUT2D eigenvalue weighted by Gasteiger charge is -2.29. The largest absolute Gasteiger partial charge is 0.396 e. The van der Waals surface area contributed by atoms with Gasteiger partial charge in [0.05, 0.1) is 0 Å². The molecule has 98 valence electrons. The molecule has 1 amide bonds. The Balaban J connectivity index is 1.83. The van der Waals surface area contributed by atoms with Crippen molar-refractivity contribution in [3.63, 3.8) is 0 Å². The molecule has 0 aromatic rings. The maximum atomic E-state index is 12.1. The van der Waals surface area contributed by atoms with Gasteiger partial charge in [0.25, 0.3) is 0 Å². The normalized spacial score (nSPS) is 25.7. The Bertz CT molecular complexity index is 249. The second-order valence-corrected chi connectivity index (χ2v) is 5.52. The molecule has 1 atom stereocenters. The van der Waals surface area contributed by atoms with E-state index in [1.54, 1.807) is 0 Å². The molecule has 0 aromatic heterocycles. The molecule has 0 radical (unpaired) electrons. The van der Waals surface area contributed by atoms with E-state index in [1.165, 1.54) is 38.5 Å². The fourth-order valence-electron chi connectivity index (χ4n) is 3.47. The Hall–Kier alpha value is -0.570. The number of carbonyl (C=O) groups is 1. The van der Waals surface area contributed by atoms with Crippen LogP contribution in [0.4, 0.5) is 0 Å². The molecular weight excluding hydrogens is 214 g/mol. The minimum Gasteiger partial charge on any atom is -0.396 e. The van der Waals surface area contributed by atoms with Crippen molar-refractivity contribution in [3.05, 3.63) is 0 Å². The van der Waals surface area contributed by atoms with Crippen LogP contribution in [0.2, 0.25) is 0 Å². The summed E-state index contributed by atoms with van der Waals surface area (Å²) in [5.74, 6) is 1.10. The zero-order valence-electron chi connectivity index (χ0n) is 10.7. The van der Waals surface area contributed by atoms with Crippen LogP contribution in [0, 0.1) is 5.92 Å². The number of carbonyl (C=O) groups excluding carboxylic acids is 1. The van der Waals surface area contributed by atoms with Gasteiger partial charge in [0.2, 0.25) is 5.91 Å². The first-order chi connectivity index (χ1) is 8.33. The molecule has 1 heterocycles. The molecule has 1 aliphatic heterocycles. The number of hydrogen-bond donors (Lipinski definition) is 1. The first-order valence-corrected chi connectivity index (χ1v) is 7.23. The van der Waals surface area contributed by atoms with Crippen molar-refractivity contribution < 1.29 is 9.90 Å². The maximum absolute atomic E-state index is 12.1. The Morgan fingerprint density at radius 2 is 1.88 bits per heavy atom. The summed E-state index contributed by atoms with van der Waals surface area (Å²) in [4.78, 5) is 14.3. The van der Waals surface area contributed by atoms with Crippen molar-refractivity contribution in [2.24, 2.45) is 5.92 Å². The van der Waals surface area contributed by atoms with Gasteiger partial charge in [-0.2, -0.15) is 0 Å². The molecule has 3 heteroatoms. The van der Waals surface area contributed by atoms with Gasteiger partial charge in [-0.3, -0.25) is 4.79 Å².